The summed E-state index contributed by atoms with van der Waals surface area (Å²) in [5.74, 6) is -4.37. The Balaban J connectivity index is 0.000000382. The second-order valence-corrected chi connectivity index (χ2v) is 34.5. The molecular formula is C66H81F3N12O18S6. The Morgan fingerprint density at radius 3 is 0.952 bits per heavy atom. The van der Waals surface area contributed by atoms with Gasteiger partial charge in [0, 0.05) is 34.9 Å². The number of hydrogen-bond acceptors (Lipinski definition) is 22. The number of nitrogens with two attached hydrogens (primary N) is 1. The molecule has 0 atom stereocenters. The Morgan fingerprint density at radius 1 is 0.429 bits per heavy atom. The molecule has 39 heteroatoms. The Hall–Kier alpha value is -9.56. The molecule has 6 aromatic carbocycles. The molecule has 0 spiro atoms. The van der Waals surface area contributed by atoms with Crippen molar-refractivity contribution in [2.45, 2.75) is 148 Å². The van der Waals surface area contributed by atoms with Crippen LogP contribution in [0.15, 0.2) is 107 Å². The average Bonchev–Trinajstić information content (AvgIpc) is 0.805. The molecule has 105 heavy (non-hydrogen) atoms. The summed E-state index contributed by atoms with van der Waals surface area (Å²) in [5.41, 5.74) is 2.13. The van der Waals surface area contributed by atoms with Crippen molar-refractivity contribution in [3.8, 4) is 35.5 Å². The molecule has 0 aliphatic carbocycles. The van der Waals surface area contributed by atoms with Crippen LogP contribution in [0.2, 0.25) is 0 Å². The molecule has 4 amide bonds. The van der Waals surface area contributed by atoms with Crippen molar-refractivity contribution >= 4 is 95.3 Å². The van der Waals surface area contributed by atoms with Gasteiger partial charge in [0.05, 0.1) is 69.8 Å². The Labute approximate surface area is 610 Å². The molecule has 0 radical (unpaired) electrons. The quantitative estimate of drug-likeness (QED) is 0.0218. The summed E-state index contributed by atoms with van der Waals surface area (Å²) in [6.07, 6.45) is 1.46. The number of nitrogens with one attached hydrogen (secondary N) is 7. The summed E-state index contributed by atoms with van der Waals surface area (Å²) in [6, 6.07) is 16.6. The van der Waals surface area contributed by atoms with E-state index in [2.05, 4.69) is 29.8 Å². The maximum absolute atomic E-state index is 15.0. The van der Waals surface area contributed by atoms with Gasteiger partial charge in [-0.1, -0.05) is 83.1 Å². The van der Waals surface area contributed by atoms with Crippen LogP contribution in [-0.2, 0) is 64.9 Å². The number of anilines is 2. The zero-order chi connectivity index (χ0) is 80.6. The van der Waals surface area contributed by atoms with Crippen molar-refractivity contribution in [2.75, 3.05) is 53.1 Å². The monoisotopic (exact) mass is 1580 g/mol. The first-order chi connectivity index (χ1) is 48.5. The maximum Gasteiger partial charge on any atom is 0.333 e. The van der Waals surface area contributed by atoms with Crippen LogP contribution >= 0.6 is 0 Å². The Morgan fingerprint density at radius 2 is 0.705 bits per heavy atom. The molecule has 0 unspecified atom stereocenters. The van der Waals surface area contributed by atoms with Crippen LogP contribution in [0.3, 0.4) is 0 Å². The lowest BCUT2D eigenvalue weighted by molar-refractivity contribution is 0.255. The van der Waals surface area contributed by atoms with Gasteiger partial charge in [-0.2, -0.15) is 20.8 Å². The summed E-state index contributed by atoms with van der Waals surface area (Å²) in [7, 11) is -17.3. The standard InChI is InChI=1S/2C22H27FN4O6S2.C14H15FN2O.C8H12N2O5S2/c2*1-12(2)16-9-14(11-24)20(23)19(13(3)4)21(16)26-22(28)27-35(31,32)18-8-7-15(10-17(18)33-6)34(29,30)25-5;1-8(2)11-5-10(6-16)13(15)12(9(3)4)14(11)17-7-18;1-10-17(13,14)6-3-4-8(16(9,11)12)7(5-6)15-2/h2*7-10,12-13,25H,1-6H3,(H2,26,27,28);5,8-9H,1-4H3;3-5,10H,1-2H3,(H2,9,11,12). The summed E-state index contributed by atoms with van der Waals surface area (Å²) < 4.78 is 214. The highest BCUT2D eigenvalue weighted by Gasteiger charge is 2.31. The summed E-state index contributed by atoms with van der Waals surface area (Å²) in [4.78, 5) is 37.8. The fourth-order valence-electron chi connectivity index (χ4n) is 9.86. The van der Waals surface area contributed by atoms with Gasteiger partial charge in [-0.3, -0.25) is 0 Å². The SMILES string of the molecule is CC(C)c1cc(C#N)c(F)c(C(C)C)c1N=C=O.CNS(=O)(=O)c1ccc(S(=O)(=O)NC(=O)Nc2c(C(C)C)cc(C#N)c(F)c2C(C)C)c(OC)c1.CNS(=O)(=O)c1ccc(S(=O)(=O)NC(=O)Nc2c(C(C)C)cc(C#N)c(F)c2C(C)C)c(OC)c1.CNS(=O)(=O)c1ccc(S(N)(=O)=O)c(OC)c1. The minimum absolute atomic E-state index is 0.00718. The van der Waals surface area contributed by atoms with E-state index in [1.54, 1.807) is 81.4 Å². The number of urea groups is 2. The number of hydrogen-bond donors (Lipinski definition) is 8. The molecule has 0 saturated carbocycles. The number of sulfonamides is 6. The first-order valence-electron chi connectivity index (χ1n) is 31.0. The third-order valence-electron chi connectivity index (χ3n) is 15.0. The van der Waals surface area contributed by atoms with E-state index in [9.17, 15) is 88.6 Å². The molecule has 0 fully saturated rings. The number of nitriles is 3. The number of aliphatic imine (C=N–C) groups is 1. The van der Waals surface area contributed by atoms with Crippen molar-refractivity contribution in [1.82, 2.24) is 23.6 Å². The lowest BCUT2D eigenvalue weighted by Gasteiger charge is -2.22. The van der Waals surface area contributed by atoms with Gasteiger partial charge in [-0.15, -0.1) is 0 Å². The van der Waals surface area contributed by atoms with Gasteiger partial charge in [0.2, 0.25) is 46.2 Å². The molecule has 0 aliphatic rings. The highest BCUT2D eigenvalue weighted by molar-refractivity contribution is 7.91. The van der Waals surface area contributed by atoms with Crippen LogP contribution in [0.4, 0.5) is 39.8 Å². The molecule has 6 rings (SSSR count). The summed E-state index contributed by atoms with van der Waals surface area (Å²) >= 11 is 0. The number of methoxy groups -OCH3 is 3. The predicted octanol–water partition coefficient (Wildman–Crippen LogP) is 9.90. The number of carbonyl (C=O) groups excluding carboxylic acids is 3. The van der Waals surface area contributed by atoms with Crippen molar-refractivity contribution in [3.05, 3.63) is 140 Å². The minimum Gasteiger partial charge on any atom is -0.495 e. The van der Waals surface area contributed by atoms with E-state index >= 15 is 0 Å². The lowest BCUT2D eigenvalue weighted by atomic mass is 9.90. The first-order valence-corrected chi connectivity index (χ1v) is 39.9. The average molecular weight is 1580 g/mol. The van der Waals surface area contributed by atoms with Crippen molar-refractivity contribution in [2.24, 2.45) is 10.1 Å². The second-order valence-electron chi connectivity index (χ2n) is 24.0. The number of amides is 4. The molecular weight excluding hydrogens is 1500 g/mol. The van der Waals surface area contributed by atoms with Crippen molar-refractivity contribution < 1.29 is 92.3 Å². The number of isocyanates is 1. The summed E-state index contributed by atoms with van der Waals surface area (Å²) in [6.45, 7) is 21.2. The molecule has 570 valence electrons. The van der Waals surface area contributed by atoms with Crippen LogP contribution in [0.1, 0.15) is 169 Å². The highest BCUT2D eigenvalue weighted by Crippen LogP contribution is 2.41. The number of rotatable bonds is 23. The van der Waals surface area contributed by atoms with Crippen molar-refractivity contribution in [1.29, 1.82) is 15.8 Å². The summed E-state index contributed by atoms with van der Waals surface area (Å²) in [5, 5.41) is 37.3. The molecule has 9 N–H and O–H groups in total. The molecule has 0 aliphatic heterocycles. The van der Waals surface area contributed by atoms with E-state index in [1.807, 2.05) is 29.4 Å². The van der Waals surface area contributed by atoms with Gasteiger partial charge in [-0.05, 0) is 128 Å². The van der Waals surface area contributed by atoms with Gasteiger partial charge < -0.3 is 24.8 Å². The van der Waals surface area contributed by atoms with Gasteiger partial charge >= 0.3 is 12.1 Å². The first kappa shape index (κ1) is 89.7. The van der Waals surface area contributed by atoms with Crippen LogP contribution in [0, 0.1) is 51.4 Å². The second kappa shape index (κ2) is 36.9. The van der Waals surface area contributed by atoms with Crippen LogP contribution in [0.5, 0.6) is 17.2 Å². The largest absolute Gasteiger partial charge is 0.495 e. The van der Waals surface area contributed by atoms with Crippen molar-refractivity contribution in [3.63, 3.8) is 0 Å². The number of carbonyl (C=O) groups is 2. The van der Waals surface area contributed by atoms with Gasteiger partial charge in [0.1, 0.15) is 67.6 Å². The molecule has 0 heterocycles. The molecule has 0 aromatic heterocycles. The van der Waals surface area contributed by atoms with Crippen LogP contribution < -0.4 is 53.6 Å². The van der Waals surface area contributed by atoms with E-state index in [0.717, 1.165) is 68.8 Å². The van der Waals surface area contributed by atoms with E-state index in [4.69, 9.17) is 24.6 Å². The number of primary sulfonamides is 1. The third kappa shape index (κ3) is 22.0. The number of benzene rings is 6. The maximum atomic E-state index is 15.0. The zero-order valence-electron chi connectivity index (χ0n) is 60.2. The van der Waals surface area contributed by atoms with Gasteiger partial charge in [0.25, 0.3) is 20.0 Å². The zero-order valence-corrected chi connectivity index (χ0v) is 65.1. The molecule has 30 nitrogen and oxygen atoms in total. The highest BCUT2D eigenvalue weighted by atomic mass is 32.2. The Bertz CT molecular complexity index is 5000. The Kier molecular flexibility index (Phi) is 31.5. The normalized spacial score (nSPS) is 11.7. The van der Waals surface area contributed by atoms with Gasteiger partial charge in [-0.25, -0.2) is 107 Å². The fraction of sp³-hybridized carbons (Fsp3) is 0.364. The van der Waals surface area contributed by atoms with E-state index in [0.29, 0.717) is 27.9 Å². The number of nitrogens with zero attached hydrogens (tertiary/aromatic N) is 4. The third-order valence-corrected chi connectivity index (χ3v) is 23.0. The topological polar surface area (TPSA) is 478 Å². The van der Waals surface area contributed by atoms with Gasteiger partial charge in [0.15, 0.2) is 0 Å². The fourth-order valence-corrected chi connectivity index (χ4v) is 14.9. The smallest absolute Gasteiger partial charge is 0.333 e. The van der Waals surface area contributed by atoms with Crippen LogP contribution in [0.25, 0.3) is 0 Å². The van der Waals surface area contributed by atoms with E-state index in [-0.39, 0.29) is 99.7 Å². The minimum atomic E-state index is -4.53. The van der Waals surface area contributed by atoms with E-state index < -0.39 is 111 Å². The lowest BCUT2D eigenvalue weighted by Crippen LogP contribution is -2.35. The molecule has 0 bridgehead atoms. The number of ether oxygens (including phenoxy) is 3. The molecule has 0 saturated heterocycles. The number of halogens is 3. The predicted molar refractivity (Wildman–Crippen MR) is 383 cm³/mol. The molecule has 6 aromatic rings. The van der Waals surface area contributed by atoms with Crippen LogP contribution in [-0.4, -0.2) is 111 Å². The van der Waals surface area contributed by atoms with E-state index in [1.165, 1.54) is 52.5 Å².